The van der Waals surface area contributed by atoms with Gasteiger partial charge in [-0.2, -0.15) is 0 Å². The highest BCUT2D eigenvalue weighted by atomic mass is 16.2. The number of hydrogen-bond acceptors (Lipinski definition) is 4. The maximum atomic E-state index is 12.3. The number of carbonyl (C=O) groups excluding carboxylic acids is 4. The lowest BCUT2D eigenvalue weighted by Gasteiger charge is -2.19. The Labute approximate surface area is 135 Å². The van der Waals surface area contributed by atoms with Crippen molar-refractivity contribution in [2.75, 3.05) is 13.1 Å². The number of nitrogens with zero attached hydrogens (tertiary/aromatic N) is 1. The van der Waals surface area contributed by atoms with Crippen LogP contribution in [0.25, 0.3) is 0 Å². The second-order valence-corrected chi connectivity index (χ2v) is 6.69. The fraction of sp³-hybridized carbons (Fsp3) is 0.750. The average molecular weight is 321 g/mol. The van der Waals surface area contributed by atoms with E-state index in [9.17, 15) is 19.2 Å². The molecule has 0 spiro atoms. The molecule has 0 unspecified atom stereocenters. The van der Waals surface area contributed by atoms with Crippen LogP contribution in [0.15, 0.2) is 0 Å². The summed E-state index contributed by atoms with van der Waals surface area (Å²) in [4.78, 5) is 49.1. The van der Waals surface area contributed by atoms with E-state index in [4.69, 9.17) is 0 Å². The first kappa shape index (κ1) is 16.0. The van der Waals surface area contributed by atoms with Crippen LogP contribution in [0.1, 0.15) is 44.9 Å². The summed E-state index contributed by atoms with van der Waals surface area (Å²) in [6, 6.07) is 0.266. The SMILES string of the molecule is O=C(CCN1C(=O)[C@@H]2CCCC[C@H]2C1=O)NCC(=O)NC1CC1. The first-order chi connectivity index (χ1) is 11.1. The molecule has 0 aromatic rings. The zero-order valence-corrected chi connectivity index (χ0v) is 13.2. The molecule has 2 N–H and O–H groups in total. The Kier molecular flexibility index (Phi) is 4.63. The Hall–Kier alpha value is -1.92. The number of fused-ring (bicyclic) bond motifs is 1. The number of amides is 4. The Morgan fingerprint density at radius 2 is 1.57 bits per heavy atom. The van der Waals surface area contributed by atoms with E-state index in [1.165, 1.54) is 4.90 Å². The van der Waals surface area contributed by atoms with Gasteiger partial charge < -0.3 is 10.6 Å². The number of hydrogen-bond donors (Lipinski definition) is 2. The molecule has 4 amide bonds. The maximum absolute atomic E-state index is 12.3. The zero-order valence-electron chi connectivity index (χ0n) is 13.2. The van der Waals surface area contributed by atoms with E-state index in [-0.39, 0.29) is 61.0 Å². The minimum atomic E-state index is -0.314. The van der Waals surface area contributed by atoms with Crippen molar-refractivity contribution in [1.82, 2.24) is 15.5 Å². The molecular weight excluding hydrogens is 298 g/mol. The number of carbonyl (C=O) groups is 4. The van der Waals surface area contributed by atoms with Crippen LogP contribution < -0.4 is 10.6 Å². The van der Waals surface area contributed by atoms with Crippen molar-refractivity contribution in [2.45, 2.75) is 51.0 Å². The second kappa shape index (κ2) is 6.68. The van der Waals surface area contributed by atoms with E-state index in [1.54, 1.807) is 0 Å². The third-order valence-electron chi connectivity index (χ3n) is 4.88. The van der Waals surface area contributed by atoms with Crippen LogP contribution in [0.2, 0.25) is 0 Å². The summed E-state index contributed by atoms with van der Waals surface area (Å²) in [6.45, 7) is 0.0588. The molecule has 126 valence electrons. The minimum absolute atomic E-state index is 0.0492. The van der Waals surface area contributed by atoms with Crippen LogP contribution >= 0.6 is 0 Å². The van der Waals surface area contributed by atoms with Gasteiger partial charge in [0.2, 0.25) is 23.6 Å². The number of nitrogens with one attached hydrogen (secondary N) is 2. The van der Waals surface area contributed by atoms with Gasteiger partial charge >= 0.3 is 0 Å². The summed E-state index contributed by atoms with van der Waals surface area (Å²) in [6.07, 6.45) is 5.59. The Bertz CT molecular complexity index is 505. The lowest BCUT2D eigenvalue weighted by molar-refractivity contribution is -0.140. The Morgan fingerprint density at radius 1 is 0.957 bits per heavy atom. The molecule has 7 nitrogen and oxygen atoms in total. The molecule has 1 saturated heterocycles. The fourth-order valence-corrected chi connectivity index (χ4v) is 3.44. The van der Waals surface area contributed by atoms with Gasteiger partial charge in [0, 0.05) is 19.0 Å². The topological polar surface area (TPSA) is 95.6 Å². The van der Waals surface area contributed by atoms with E-state index in [2.05, 4.69) is 10.6 Å². The zero-order chi connectivity index (χ0) is 16.4. The Morgan fingerprint density at radius 3 is 2.13 bits per heavy atom. The van der Waals surface area contributed by atoms with Crippen molar-refractivity contribution < 1.29 is 19.2 Å². The number of likely N-dealkylation sites (tertiary alicyclic amines) is 1. The molecule has 1 aliphatic heterocycles. The highest BCUT2D eigenvalue weighted by Gasteiger charge is 2.47. The summed E-state index contributed by atoms with van der Waals surface area (Å²) in [5.74, 6) is -1.11. The number of imide groups is 1. The molecule has 3 fully saturated rings. The van der Waals surface area contributed by atoms with Gasteiger partial charge in [-0.25, -0.2) is 0 Å². The van der Waals surface area contributed by atoms with Gasteiger partial charge in [0.25, 0.3) is 0 Å². The summed E-state index contributed by atoms with van der Waals surface area (Å²) < 4.78 is 0. The first-order valence-electron chi connectivity index (χ1n) is 8.47. The molecule has 23 heavy (non-hydrogen) atoms. The Balaban J connectivity index is 1.42. The number of rotatable bonds is 6. The molecule has 2 saturated carbocycles. The molecule has 1 heterocycles. The van der Waals surface area contributed by atoms with Crippen LogP contribution in [0, 0.1) is 11.8 Å². The highest BCUT2D eigenvalue weighted by Crippen LogP contribution is 2.37. The maximum Gasteiger partial charge on any atom is 0.239 e. The molecule has 0 radical (unpaired) electrons. The summed E-state index contributed by atoms with van der Waals surface area (Å²) in [5, 5.41) is 5.31. The van der Waals surface area contributed by atoms with Gasteiger partial charge in [0.05, 0.1) is 18.4 Å². The third-order valence-corrected chi connectivity index (χ3v) is 4.88. The molecule has 3 aliphatic rings. The van der Waals surface area contributed by atoms with Crippen LogP contribution in [0.4, 0.5) is 0 Å². The largest absolute Gasteiger partial charge is 0.352 e. The van der Waals surface area contributed by atoms with Gasteiger partial charge in [-0.15, -0.1) is 0 Å². The molecule has 2 aliphatic carbocycles. The van der Waals surface area contributed by atoms with Gasteiger partial charge in [-0.05, 0) is 25.7 Å². The van der Waals surface area contributed by atoms with Crippen molar-refractivity contribution in [3.05, 3.63) is 0 Å². The van der Waals surface area contributed by atoms with Crippen molar-refractivity contribution in [2.24, 2.45) is 11.8 Å². The molecule has 0 aromatic carbocycles. The van der Waals surface area contributed by atoms with Gasteiger partial charge in [-0.1, -0.05) is 12.8 Å². The molecule has 0 bridgehead atoms. The van der Waals surface area contributed by atoms with Gasteiger partial charge in [0.1, 0.15) is 0 Å². The normalized spacial score (nSPS) is 26.9. The van der Waals surface area contributed by atoms with Crippen LogP contribution in [-0.4, -0.2) is 47.7 Å². The fourth-order valence-electron chi connectivity index (χ4n) is 3.44. The lowest BCUT2D eigenvalue weighted by Crippen LogP contribution is -2.40. The van der Waals surface area contributed by atoms with Crippen LogP contribution in [-0.2, 0) is 19.2 Å². The van der Waals surface area contributed by atoms with E-state index in [1.807, 2.05) is 0 Å². The van der Waals surface area contributed by atoms with Crippen molar-refractivity contribution in [3.8, 4) is 0 Å². The molecule has 2 atom stereocenters. The minimum Gasteiger partial charge on any atom is -0.352 e. The van der Waals surface area contributed by atoms with Gasteiger partial charge in [-0.3, -0.25) is 24.1 Å². The first-order valence-corrected chi connectivity index (χ1v) is 8.47. The second-order valence-electron chi connectivity index (χ2n) is 6.69. The van der Waals surface area contributed by atoms with Gasteiger partial charge in [0.15, 0.2) is 0 Å². The predicted octanol–water partition coefficient (Wildman–Crippen LogP) is -0.0535. The quantitative estimate of drug-likeness (QED) is 0.670. The monoisotopic (exact) mass is 321 g/mol. The lowest BCUT2D eigenvalue weighted by atomic mass is 9.81. The summed E-state index contributed by atoms with van der Waals surface area (Å²) in [5.41, 5.74) is 0. The van der Waals surface area contributed by atoms with E-state index < -0.39 is 0 Å². The summed E-state index contributed by atoms with van der Waals surface area (Å²) in [7, 11) is 0. The molecular formula is C16H23N3O4. The van der Waals surface area contributed by atoms with E-state index >= 15 is 0 Å². The smallest absolute Gasteiger partial charge is 0.239 e. The molecule has 0 aromatic heterocycles. The highest BCUT2D eigenvalue weighted by molar-refractivity contribution is 6.05. The average Bonchev–Trinajstić information content (AvgIpc) is 3.32. The van der Waals surface area contributed by atoms with E-state index in [0.717, 1.165) is 38.5 Å². The summed E-state index contributed by atoms with van der Waals surface area (Å²) >= 11 is 0. The van der Waals surface area contributed by atoms with Crippen LogP contribution in [0.3, 0.4) is 0 Å². The van der Waals surface area contributed by atoms with Crippen molar-refractivity contribution >= 4 is 23.6 Å². The standard InChI is InChI=1S/C16H23N3O4/c20-13(17-9-14(21)18-10-5-6-10)7-8-19-15(22)11-3-1-2-4-12(11)16(19)23/h10-12H,1-9H2,(H,17,20)(H,18,21)/t11-,12-/m1/s1. The van der Waals surface area contributed by atoms with Crippen molar-refractivity contribution in [1.29, 1.82) is 0 Å². The molecule has 3 rings (SSSR count). The van der Waals surface area contributed by atoms with E-state index in [0.29, 0.717) is 0 Å². The molecule has 7 heteroatoms. The van der Waals surface area contributed by atoms with Crippen molar-refractivity contribution in [3.63, 3.8) is 0 Å². The van der Waals surface area contributed by atoms with Crippen LogP contribution in [0.5, 0.6) is 0 Å². The third kappa shape index (κ3) is 3.71. The predicted molar refractivity (Wildman–Crippen MR) is 81.0 cm³/mol.